The van der Waals surface area contributed by atoms with Gasteiger partial charge in [-0.1, -0.05) is 35.9 Å². The van der Waals surface area contributed by atoms with Gasteiger partial charge in [0.2, 0.25) is 0 Å². The molecule has 3 aromatic rings. The molecule has 1 heterocycles. The summed E-state index contributed by atoms with van der Waals surface area (Å²) in [7, 11) is 0. The second-order valence-corrected chi connectivity index (χ2v) is 6.28. The van der Waals surface area contributed by atoms with Crippen molar-refractivity contribution >= 4 is 46.5 Å². The molecule has 0 aliphatic carbocycles. The Labute approximate surface area is 164 Å². The number of furan rings is 1. The summed E-state index contributed by atoms with van der Waals surface area (Å²) >= 11 is 11.0. The van der Waals surface area contributed by atoms with E-state index in [-0.39, 0.29) is 22.1 Å². The predicted octanol–water partition coefficient (Wildman–Crippen LogP) is 4.43. The van der Waals surface area contributed by atoms with E-state index in [1.807, 2.05) is 0 Å². The minimum atomic E-state index is -1.11. The zero-order valence-corrected chi connectivity index (χ0v) is 15.3. The zero-order chi connectivity index (χ0) is 19.4. The third-order valence-electron chi connectivity index (χ3n) is 3.57. The van der Waals surface area contributed by atoms with Crippen LogP contribution in [-0.2, 0) is 0 Å². The van der Waals surface area contributed by atoms with Crippen LogP contribution < -0.4 is 10.6 Å². The highest BCUT2D eigenvalue weighted by Crippen LogP contribution is 2.24. The van der Waals surface area contributed by atoms with E-state index in [2.05, 4.69) is 10.6 Å². The van der Waals surface area contributed by atoms with Gasteiger partial charge in [0.15, 0.2) is 10.9 Å². The van der Waals surface area contributed by atoms with Crippen molar-refractivity contribution in [2.45, 2.75) is 0 Å². The van der Waals surface area contributed by atoms with Gasteiger partial charge in [-0.25, -0.2) is 4.79 Å². The third-order valence-corrected chi connectivity index (χ3v) is 4.01. The molecule has 0 bridgehead atoms. The van der Waals surface area contributed by atoms with Crippen molar-refractivity contribution in [3.63, 3.8) is 0 Å². The van der Waals surface area contributed by atoms with Crippen molar-refractivity contribution in [3.8, 4) is 11.3 Å². The number of rotatable bonds is 4. The van der Waals surface area contributed by atoms with Crippen molar-refractivity contribution in [2.75, 3.05) is 5.32 Å². The number of thiocarbonyl (C=S) groups is 1. The number of carboxylic acids is 1. The van der Waals surface area contributed by atoms with Gasteiger partial charge in [-0.05, 0) is 48.6 Å². The summed E-state index contributed by atoms with van der Waals surface area (Å²) in [5, 5.41) is 14.8. The Kier molecular flexibility index (Phi) is 5.54. The Morgan fingerprint density at radius 1 is 1.04 bits per heavy atom. The summed E-state index contributed by atoms with van der Waals surface area (Å²) in [5.41, 5.74) is 1.04. The molecule has 3 rings (SSSR count). The second kappa shape index (κ2) is 8.03. The van der Waals surface area contributed by atoms with E-state index in [0.29, 0.717) is 10.8 Å². The first-order valence-corrected chi connectivity index (χ1v) is 8.53. The van der Waals surface area contributed by atoms with E-state index in [0.717, 1.165) is 5.56 Å². The number of benzene rings is 2. The Balaban J connectivity index is 1.69. The van der Waals surface area contributed by atoms with Gasteiger partial charge in [0, 0.05) is 10.6 Å². The van der Waals surface area contributed by atoms with E-state index in [4.69, 9.17) is 28.2 Å². The van der Waals surface area contributed by atoms with Crippen molar-refractivity contribution in [1.82, 2.24) is 5.32 Å². The molecule has 0 radical (unpaired) electrons. The molecular formula is C19H13ClN2O4S. The summed E-state index contributed by atoms with van der Waals surface area (Å²) in [5.74, 6) is -1.13. The first-order chi connectivity index (χ1) is 12.9. The van der Waals surface area contributed by atoms with Crippen LogP contribution in [0.4, 0.5) is 5.69 Å². The van der Waals surface area contributed by atoms with Crippen molar-refractivity contribution in [1.29, 1.82) is 0 Å². The number of nitrogens with one attached hydrogen (secondary N) is 2. The molecule has 1 aromatic heterocycles. The van der Waals surface area contributed by atoms with Crippen molar-refractivity contribution < 1.29 is 19.1 Å². The van der Waals surface area contributed by atoms with Crippen LogP contribution in [0, 0.1) is 0 Å². The summed E-state index contributed by atoms with van der Waals surface area (Å²) in [4.78, 5) is 23.5. The third kappa shape index (κ3) is 4.52. The number of amides is 1. The number of anilines is 1. The van der Waals surface area contributed by atoms with Crippen LogP contribution in [0.25, 0.3) is 11.3 Å². The van der Waals surface area contributed by atoms with Gasteiger partial charge in [-0.15, -0.1) is 0 Å². The van der Waals surface area contributed by atoms with Gasteiger partial charge >= 0.3 is 5.97 Å². The van der Waals surface area contributed by atoms with Crippen LogP contribution in [-0.4, -0.2) is 22.1 Å². The van der Waals surface area contributed by atoms with Gasteiger partial charge in [-0.2, -0.15) is 0 Å². The summed E-state index contributed by atoms with van der Waals surface area (Å²) in [6.45, 7) is 0. The van der Waals surface area contributed by atoms with Crippen molar-refractivity contribution in [3.05, 3.63) is 77.0 Å². The summed E-state index contributed by atoms with van der Waals surface area (Å²) in [6, 6.07) is 16.4. The first-order valence-electron chi connectivity index (χ1n) is 7.74. The number of carbonyl (C=O) groups excluding carboxylic acids is 1. The highest BCUT2D eigenvalue weighted by atomic mass is 35.5. The molecule has 6 nitrogen and oxygen atoms in total. The minimum Gasteiger partial charge on any atom is -0.478 e. The lowest BCUT2D eigenvalue weighted by atomic mass is 10.2. The van der Waals surface area contributed by atoms with Crippen LogP contribution in [0.1, 0.15) is 20.9 Å². The van der Waals surface area contributed by atoms with E-state index in [1.54, 1.807) is 48.5 Å². The Bertz CT molecular complexity index is 1030. The fourth-order valence-corrected chi connectivity index (χ4v) is 2.75. The Hall–Kier alpha value is -3.16. The number of carbonyl (C=O) groups is 2. The molecule has 0 spiro atoms. The molecule has 3 N–H and O–H groups in total. The quantitative estimate of drug-likeness (QED) is 0.561. The Morgan fingerprint density at radius 2 is 1.81 bits per heavy atom. The first kappa shape index (κ1) is 18.6. The molecule has 1 amide bonds. The molecule has 136 valence electrons. The van der Waals surface area contributed by atoms with Gasteiger partial charge in [0.05, 0.1) is 11.3 Å². The molecule has 27 heavy (non-hydrogen) atoms. The fraction of sp³-hybridized carbons (Fsp3) is 0. The molecule has 0 unspecified atom stereocenters. The minimum absolute atomic E-state index is 0.0374. The standard InChI is InChI=1S/C19H13ClN2O4S/c20-12-5-3-4-11(10-12)15-8-9-16(26-15)17(23)22-19(27)21-14-7-2-1-6-13(14)18(24)25/h1-10H,(H,24,25)(H2,21,22,23,27). The summed E-state index contributed by atoms with van der Waals surface area (Å²) < 4.78 is 5.55. The van der Waals surface area contributed by atoms with Crippen LogP contribution in [0.5, 0.6) is 0 Å². The normalized spacial score (nSPS) is 10.3. The molecule has 0 saturated heterocycles. The van der Waals surface area contributed by atoms with E-state index < -0.39 is 11.9 Å². The SMILES string of the molecule is O=C(NC(=S)Nc1ccccc1C(=O)O)c1ccc(-c2cccc(Cl)c2)o1. The van der Waals surface area contributed by atoms with E-state index in [9.17, 15) is 14.7 Å². The molecule has 0 fully saturated rings. The highest BCUT2D eigenvalue weighted by Gasteiger charge is 2.15. The molecule has 2 aromatic carbocycles. The topological polar surface area (TPSA) is 91.6 Å². The van der Waals surface area contributed by atoms with Crippen LogP contribution in [0.15, 0.2) is 65.1 Å². The van der Waals surface area contributed by atoms with Crippen molar-refractivity contribution in [2.24, 2.45) is 0 Å². The lowest BCUT2D eigenvalue weighted by molar-refractivity contribution is 0.0698. The predicted molar refractivity (Wildman–Crippen MR) is 106 cm³/mol. The summed E-state index contributed by atoms with van der Waals surface area (Å²) in [6.07, 6.45) is 0. The van der Waals surface area contributed by atoms with E-state index >= 15 is 0 Å². The van der Waals surface area contributed by atoms with Gasteiger partial charge in [0.1, 0.15) is 5.76 Å². The van der Waals surface area contributed by atoms with Gasteiger partial charge < -0.3 is 14.8 Å². The average Bonchev–Trinajstić information content (AvgIpc) is 3.12. The lowest BCUT2D eigenvalue weighted by Gasteiger charge is -2.10. The maximum absolute atomic E-state index is 12.3. The molecule has 0 saturated carbocycles. The number of hydrogen-bond acceptors (Lipinski definition) is 4. The molecule has 0 aliphatic rings. The van der Waals surface area contributed by atoms with E-state index in [1.165, 1.54) is 12.1 Å². The zero-order valence-electron chi connectivity index (χ0n) is 13.7. The molecule has 8 heteroatoms. The van der Waals surface area contributed by atoms with Crippen LogP contribution >= 0.6 is 23.8 Å². The van der Waals surface area contributed by atoms with Crippen LogP contribution in [0.3, 0.4) is 0 Å². The number of carboxylic acid groups (broad SMARTS) is 1. The smallest absolute Gasteiger partial charge is 0.337 e. The highest BCUT2D eigenvalue weighted by molar-refractivity contribution is 7.80. The van der Waals surface area contributed by atoms with Gasteiger partial charge in [-0.3, -0.25) is 10.1 Å². The number of hydrogen-bond donors (Lipinski definition) is 3. The van der Waals surface area contributed by atoms with Gasteiger partial charge in [0.25, 0.3) is 5.91 Å². The van der Waals surface area contributed by atoms with Crippen LogP contribution in [0.2, 0.25) is 5.02 Å². The maximum Gasteiger partial charge on any atom is 0.337 e. The fourth-order valence-electron chi connectivity index (χ4n) is 2.35. The Morgan fingerprint density at radius 3 is 2.56 bits per heavy atom. The second-order valence-electron chi connectivity index (χ2n) is 5.43. The number of halogens is 1. The monoisotopic (exact) mass is 400 g/mol. The number of aromatic carboxylic acids is 1. The largest absolute Gasteiger partial charge is 0.478 e. The lowest BCUT2D eigenvalue weighted by Crippen LogP contribution is -2.34. The molecular weight excluding hydrogens is 388 g/mol. The molecule has 0 atom stereocenters. The maximum atomic E-state index is 12.3. The average molecular weight is 401 g/mol. The molecule has 0 aliphatic heterocycles. The number of para-hydroxylation sites is 1.